The molecule has 85 heavy (non-hydrogen) atoms. The summed E-state index contributed by atoms with van der Waals surface area (Å²) in [5.74, 6) is -14.1. The lowest BCUT2D eigenvalue weighted by Crippen LogP contribution is -2.79. The van der Waals surface area contributed by atoms with Gasteiger partial charge in [-0.3, -0.25) is 107 Å². The number of hydrogen-bond donors (Lipinski definition) is 22. The second-order valence-corrected chi connectivity index (χ2v) is 17.7. The van der Waals surface area contributed by atoms with Crippen LogP contribution in [-0.2, 0) is 76.7 Å². The van der Waals surface area contributed by atoms with E-state index in [1.54, 1.807) is 0 Å². The Labute approximate surface area is 486 Å². The van der Waals surface area contributed by atoms with Gasteiger partial charge in [0.25, 0.3) is 0 Å². The Morgan fingerprint density at radius 2 is 0.718 bits per heavy atom. The number of nitrogens with one attached hydrogen (secondary N) is 16. The summed E-state index contributed by atoms with van der Waals surface area (Å²) in [6.07, 6.45) is -0.627. The zero-order chi connectivity index (χ0) is 64.1. The maximum absolute atomic E-state index is 14.9. The third-order valence-electron chi connectivity index (χ3n) is 11.8. The molecule has 480 valence electrons. The Hall–Kier alpha value is -6.16. The summed E-state index contributed by atoms with van der Waals surface area (Å²) in [5.41, 5.74) is 0. The normalized spacial score (nSPS) is 15.6. The number of aldehydes is 8. The lowest BCUT2D eigenvalue weighted by Gasteiger charge is -2.40. The van der Waals surface area contributed by atoms with Crippen molar-refractivity contribution in [3.63, 3.8) is 0 Å². The van der Waals surface area contributed by atoms with Gasteiger partial charge in [-0.25, -0.2) is 0 Å². The Morgan fingerprint density at radius 3 is 1.15 bits per heavy atom. The number of carbonyl (C=O) groups excluding carboxylic acids is 16. The number of hydrogen-bond acceptors (Lipinski definition) is 38. The van der Waals surface area contributed by atoms with E-state index in [-0.39, 0.29) is 45.4 Å². The molecule has 0 fully saturated rings. The highest BCUT2D eigenvalue weighted by Gasteiger charge is 2.47. The van der Waals surface area contributed by atoms with E-state index in [0.717, 1.165) is 0 Å². The van der Waals surface area contributed by atoms with Gasteiger partial charge in [0.15, 0.2) is 52.1 Å². The van der Waals surface area contributed by atoms with Crippen LogP contribution in [-0.4, -0.2) is 325 Å². The average Bonchev–Trinajstić information content (AvgIpc) is 2.89. The first-order valence-corrected chi connectivity index (χ1v) is 26.1. The predicted molar refractivity (Wildman–Crippen MR) is 290 cm³/mol. The number of aliphatic hydroxyl groups is 6. The molecule has 0 aromatic carbocycles. The van der Waals surface area contributed by atoms with Gasteiger partial charge in [0.05, 0.1) is 168 Å². The Balaban J connectivity index is 7.67. The fraction of sp³-hybridized carbons (Fsp3) is 0.660. The second kappa shape index (κ2) is 47.0. The molecule has 0 aromatic rings. The molecule has 0 saturated heterocycles. The highest BCUT2D eigenvalue weighted by atomic mass is 16.3. The number of aliphatic hydroxyl groups excluding tert-OH is 6. The summed E-state index contributed by atoms with van der Waals surface area (Å²) >= 11 is 0. The highest BCUT2D eigenvalue weighted by molar-refractivity contribution is 5.97. The van der Waals surface area contributed by atoms with E-state index in [0.29, 0.717) is 37.7 Å². The van der Waals surface area contributed by atoms with E-state index in [4.69, 9.17) is 0 Å². The molecule has 0 radical (unpaired) electrons. The van der Waals surface area contributed by atoms with Crippen molar-refractivity contribution in [1.29, 1.82) is 0 Å². The first-order valence-electron chi connectivity index (χ1n) is 26.1. The topological polar surface area (TPSA) is 587 Å². The lowest BCUT2D eigenvalue weighted by atomic mass is 10.0. The average molecular weight is 1220 g/mol. The van der Waals surface area contributed by atoms with Crippen LogP contribution in [0.5, 0.6) is 0 Å². The van der Waals surface area contributed by atoms with Crippen molar-refractivity contribution >= 4 is 96.6 Å². The molecule has 4 unspecified atom stereocenters. The maximum Gasteiger partial charge on any atom is 0.201 e. The van der Waals surface area contributed by atoms with Crippen molar-refractivity contribution in [3.8, 4) is 0 Å². The molecule has 10 atom stereocenters. The van der Waals surface area contributed by atoms with Crippen LogP contribution in [0.4, 0.5) is 0 Å². The quantitative estimate of drug-likeness (QED) is 0.0153. The van der Waals surface area contributed by atoms with Crippen LogP contribution < -0.4 is 85.1 Å². The third kappa shape index (κ3) is 29.2. The lowest BCUT2D eigenvalue weighted by molar-refractivity contribution is -0.135. The van der Waals surface area contributed by atoms with Gasteiger partial charge in [-0.1, -0.05) is 0 Å². The standard InChI is InChI=1S/C47H80N16O22/c64-9-1-48-17-36(78)30(23-72)60-44(52-5-13-68)40(82)21-59-47(58-8-16-71,63-32(25-74)38(80)19-50-3-11-66)43(85)35(28-77)54-20-39(81)33(26-75)62-46(57-7-15-70,61-31(24-73)37(79)18-49-2-10-65)41(83)22-55-45(53-6-14-69)42(84)34(27-76)56-29-51-4-12-67/h9-16,30-35,44-45,48-63,72-77H,1-8,17-29H2/t30-,31-,32-,33-,34-,35-,44?,45?,46?,47?/m0/s1. The van der Waals surface area contributed by atoms with E-state index in [2.05, 4.69) is 85.1 Å². The van der Waals surface area contributed by atoms with Crippen LogP contribution in [0.25, 0.3) is 0 Å². The van der Waals surface area contributed by atoms with Gasteiger partial charge < -0.3 is 84.9 Å². The van der Waals surface area contributed by atoms with Crippen molar-refractivity contribution in [2.24, 2.45) is 0 Å². The summed E-state index contributed by atoms with van der Waals surface area (Å²) in [4.78, 5) is 201. The summed E-state index contributed by atoms with van der Waals surface area (Å²) in [5, 5.41) is 102. The van der Waals surface area contributed by atoms with Gasteiger partial charge in [-0.2, -0.15) is 0 Å². The first-order chi connectivity index (χ1) is 40.9. The second-order valence-electron chi connectivity index (χ2n) is 17.7. The van der Waals surface area contributed by atoms with Crippen LogP contribution in [0, 0.1) is 0 Å². The zero-order valence-electron chi connectivity index (χ0n) is 46.3. The molecular weight excluding hydrogens is 1140 g/mol. The van der Waals surface area contributed by atoms with Crippen LogP contribution in [0.2, 0.25) is 0 Å². The fourth-order valence-corrected chi connectivity index (χ4v) is 7.40. The number of Topliss-reactive ketones (excluding diaryl/α,β-unsaturated/α-hetero) is 8. The Kier molecular flexibility index (Phi) is 43.6. The van der Waals surface area contributed by atoms with Gasteiger partial charge in [0.1, 0.15) is 62.6 Å². The zero-order valence-corrected chi connectivity index (χ0v) is 46.3. The van der Waals surface area contributed by atoms with Crippen molar-refractivity contribution in [2.45, 2.75) is 60.2 Å². The van der Waals surface area contributed by atoms with Gasteiger partial charge in [0.2, 0.25) is 5.78 Å². The largest absolute Gasteiger partial charge is 0.394 e. The number of carbonyl (C=O) groups is 16. The van der Waals surface area contributed by atoms with Crippen molar-refractivity contribution < 1.29 is 107 Å². The Bertz CT molecular complexity index is 2160. The first kappa shape index (κ1) is 78.8. The minimum Gasteiger partial charge on any atom is -0.394 e. The predicted octanol–water partition coefficient (Wildman–Crippen LogP) is -17.4. The van der Waals surface area contributed by atoms with Crippen LogP contribution in [0.1, 0.15) is 0 Å². The van der Waals surface area contributed by atoms with E-state index in [1.165, 1.54) is 0 Å². The van der Waals surface area contributed by atoms with Crippen LogP contribution in [0.15, 0.2) is 0 Å². The minimum absolute atomic E-state index is 0.153. The summed E-state index contributed by atoms with van der Waals surface area (Å²) in [7, 11) is 0. The van der Waals surface area contributed by atoms with Gasteiger partial charge in [0, 0.05) is 6.67 Å². The van der Waals surface area contributed by atoms with Gasteiger partial charge >= 0.3 is 0 Å². The SMILES string of the molecule is O=CCNCN[C@@H](CO)C(=O)C(NCC=O)NCC(=O)C(NCC=O)(N[C@@H](CO)C(=O)CNCC=O)N[C@@H](CO)C(=O)CN[C@@H](CO)C(=O)C(NCC=O)(NCC(=O)C(NCC=O)N[C@@H](CO)C(=O)CNCC=O)N[C@@H](CO)C(=O)CNCC=O. The highest BCUT2D eigenvalue weighted by Crippen LogP contribution is 2.10. The number of rotatable bonds is 62. The maximum atomic E-state index is 14.9. The summed E-state index contributed by atoms with van der Waals surface area (Å²) in [6.45, 7) is -15.7. The molecule has 38 nitrogen and oxygen atoms in total. The van der Waals surface area contributed by atoms with Gasteiger partial charge in [-0.05, 0) is 0 Å². The van der Waals surface area contributed by atoms with Crippen molar-refractivity contribution in [2.75, 3.05) is 138 Å². The minimum atomic E-state index is -2.83. The molecule has 0 rings (SSSR count). The molecule has 0 aromatic heterocycles. The molecule has 0 spiro atoms. The van der Waals surface area contributed by atoms with E-state index >= 15 is 0 Å². The molecule has 22 N–H and O–H groups in total. The van der Waals surface area contributed by atoms with Crippen molar-refractivity contribution in [1.82, 2.24) is 85.1 Å². The van der Waals surface area contributed by atoms with Gasteiger partial charge in [-0.15, -0.1) is 0 Å². The fourth-order valence-electron chi connectivity index (χ4n) is 7.40. The number of ketones is 8. The molecule has 0 heterocycles. The van der Waals surface area contributed by atoms with E-state index < -0.39 is 212 Å². The Morgan fingerprint density at radius 1 is 0.329 bits per heavy atom. The molecule has 0 amide bonds. The van der Waals surface area contributed by atoms with Crippen LogP contribution >= 0.6 is 0 Å². The molecule has 38 heteroatoms. The summed E-state index contributed by atoms with van der Waals surface area (Å²) in [6, 6.07) is -10.7. The third-order valence-corrected chi connectivity index (χ3v) is 11.8. The molecule has 0 bridgehead atoms. The molecule has 0 aliphatic carbocycles. The van der Waals surface area contributed by atoms with E-state index in [1.807, 2.05) is 0 Å². The molecular formula is C47H80N16O22. The monoisotopic (exact) mass is 1220 g/mol. The van der Waals surface area contributed by atoms with E-state index in [9.17, 15) is 107 Å². The van der Waals surface area contributed by atoms with Crippen LogP contribution in [0.3, 0.4) is 0 Å². The summed E-state index contributed by atoms with van der Waals surface area (Å²) < 4.78 is 0. The van der Waals surface area contributed by atoms with Crippen molar-refractivity contribution in [3.05, 3.63) is 0 Å². The smallest absolute Gasteiger partial charge is 0.201 e. The molecule has 0 saturated carbocycles. The molecule has 0 aliphatic rings. The molecule has 0 aliphatic heterocycles.